The van der Waals surface area contributed by atoms with Gasteiger partial charge in [-0.3, -0.25) is 0 Å². The highest BCUT2D eigenvalue weighted by molar-refractivity contribution is 7.80. The Hall–Kier alpha value is -0.920. The lowest BCUT2D eigenvalue weighted by Gasteiger charge is -1.81. The maximum absolute atomic E-state index is 5.54. The summed E-state index contributed by atoms with van der Waals surface area (Å²) in [6.45, 7) is 0. The van der Waals surface area contributed by atoms with Crippen LogP contribution in [-0.2, 0) is 0 Å². The lowest BCUT2D eigenvalue weighted by molar-refractivity contribution is 1.48. The van der Waals surface area contributed by atoms with Crippen LogP contribution < -0.4 is 0 Å². The molecule has 0 aromatic heterocycles. The molecule has 2 aromatic rings. The minimum absolute atomic E-state index is 0.794. The first-order valence-electron chi connectivity index (χ1n) is 4.23. The van der Waals surface area contributed by atoms with Crippen molar-refractivity contribution in [3.05, 3.63) is 65.7 Å². The fraction of sp³-hybridized carbons (Fsp3) is 0. The van der Waals surface area contributed by atoms with Gasteiger partial charge in [-0.05, 0) is 24.3 Å². The summed E-state index contributed by atoms with van der Waals surface area (Å²) >= 11 is 9.62. The van der Waals surface area contributed by atoms with Crippen molar-refractivity contribution in [1.29, 1.82) is 0 Å². The number of halogens is 1. The topological polar surface area (TPSA) is 0 Å². The SMILES string of the molecule is Clc1ccccc1.Sc1ccccc1. The molecule has 0 atom stereocenters. The molecule has 0 amide bonds. The highest BCUT2D eigenvalue weighted by Crippen LogP contribution is 2.03. The van der Waals surface area contributed by atoms with Crippen LogP contribution in [0, 0.1) is 0 Å². The first kappa shape index (κ1) is 11.2. The van der Waals surface area contributed by atoms with E-state index in [0.717, 1.165) is 9.92 Å². The maximum Gasteiger partial charge on any atom is 0.0405 e. The highest BCUT2D eigenvalue weighted by atomic mass is 35.5. The first-order valence-corrected chi connectivity index (χ1v) is 5.06. The summed E-state index contributed by atoms with van der Waals surface area (Å²) in [5.74, 6) is 0. The van der Waals surface area contributed by atoms with E-state index >= 15 is 0 Å². The van der Waals surface area contributed by atoms with Crippen molar-refractivity contribution < 1.29 is 0 Å². The number of hydrogen-bond acceptors (Lipinski definition) is 1. The molecular formula is C12H11ClS. The van der Waals surface area contributed by atoms with Crippen molar-refractivity contribution in [2.24, 2.45) is 0 Å². The molecule has 2 aromatic carbocycles. The fourth-order valence-electron chi connectivity index (χ4n) is 0.843. The Morgan fingerprint density at radius 3 is 1.36 bits per heavy atom. The monoisotopic (exact) mass is 222 g/mol. The van der Waals surface area contributed by atoms with Crippen molar-refractivity contribution in [1.82, 2.24) is 0 Å². The maximum atomic E-state index is 5.54. The lowest BCUT2D eigenvalue weighted by Crippen LogP contribution is -1.56. The quantitative estimate of drug-likeness (QED) is 0.631. The molecule has 0 bridgehead atoms. The van der Waals surface area contributed by atoms with Crippen molar-refractivity contribution in [2.75, 3.05) is 0 Å². The largest absolute Gasteiger partial charge is 0.143 e. The van der Waals surface area contributed by atoms with Gasteiger partial charge in [-0.25, -0.2) is 0 Å². The van der Waals surface area contributed by atoms with Crippen LogP contribution in [-0.4, -0.2) is 0 Å². The fourth-order valence-corrected chi connectivity index (χ4v) is 1.16. The number of hydrogen-bond donors (Lipinski definition) is 1. The van der Waals surface area contributed by atoms with Crippen LogP contribution in [0.3, 0.4) is 0 Å². The Kier molecular flexibility index (Phi) is 5.20. The number of benzene rings is 2. The molecular weight excluding hydrogens is 212 g/mol. The van der Waals surface area contributed by atoms with Crippen LogP contribution in [0.25, 0.3) is 0 Å². The van der Waals surface area contributed by atoms with Gasteiger partial charge >= 0.3 is 0 Å². The van der Waals surface area contributed by atoms with Gasteiger partial charge in [-0.2, -0.15) is 0 Å². The van der Waals surface area contributed by atoms with E-state index in [1.165, 1.54) is 0 Å². The molecule has 0 N–H and O–H groups in total. The van der Waals surface area contributed by atoms with E-state index in [1.807, 2.05) is 60.7 Å². The summed E-state index contributed by atoms with van der Waals surface area (Å²) in [6.07, 6.45) is 0. The number of rotatable bonds is 0. The average molecular weight is 223 g/mol. The van der Waals surface area contributed by atoms with Crippen LogP contribution in [0.4, 0.5) is 0 Å². The smallest absolute Gasteiger partial charge is 0.0405 e. The molecule has 2 heteroatoms. The summed E-state index contributed by atoms with van der Waals surface area (Å²) in [5, 5.41) is 0.794. The third-order valence-electron chi connectivity index (χ3n) is 1.49. The second-order valence-corrected chi connectivity index (χ2v) is 3.58. The van der Waals surface area contributed by atoms with E-state index < -0.39 is 0 Å². The van der Waals surface area contributed by atoms with E-state index in [4.69, 9.17) is 11.6 Å². The Morgan fingerprint density at radius 1 is 0.714 bits per heavy atom. The average Bonchev–Trinajstić information content (AvgIpc) is 2.21. The molecule has 0 unspecified atom stereocenters. The van der Waals surface area contributed by atoms with Gasteiger partial charge < -0.3 is 0 Å². The summed E-state index contributed by atoms with van der Waals surface area (Å²) in [5.41, 5.74) is 0. The normalized spacial score (nSPS) is 8.71. The Balaban J connectivity index is 0.000000140. The molecule has 2 rings (SSSR count). The summed E-state index contributed by atoms with van der Waals surface area (Å²) in [4.78, 5) is 1.02. The Bertz CT molecular complexity index is 308. The second kappa shape index (κ2) is 6.52. The molecule has 0 heterocycles. The number of thiol groups is 1. The molecule has 14 heavy (non-hydrogen) atoms. The van der Waals surface area contributed by atoms with Crippen LogP contribution in [0.5, 0.6) is 0 Å². The van der Waals surface area contributed by atoms with Gasteiger partial charge in [0.1, 0.15) is 0 Å². The first-order chi connectivity index (χ1) is 6.79. The van der Waals surface area contributed by atoms with Gasteiger partial charge in [-0.1, -0.05) is 48.0 Å². The van der Waals surface area contributed by atoms with E-state index in [1.54, 1.807) is 0 Å². The van der Waals surface area contributed by atoms with Gasteiger partial charge in [-0.15, -0.1) is 12.6 Å². The summed E-state index contributed by atoms with van der Waals surface area (Å²) in [7, 11) is 0. The minimum Gasteiger partial charge on any atom is -0.143 e. The van der Waals surface area contributed by atoms with E-state index in [-0.39, 0.29) is 0 Å². The van der Waals surface area contributed by atoms with Crippen LogP contribution in [0.15, 0.2) is 65.6 Å². The zero-order valence-corrected chi connectivity index (χ0v) is 9.25. The van der Waals surface area contributed by atoms with E-state index in [0.29, 0.717) is 0 Å². The van der Waals surface area contributed by atoms with Crippen LogP contribution in [0.2, 0.25) is 5.02 Å². The molecule has 0 aliphatic heterocycles. The van der Waals surface area contributed by atoms with Gasteiger partial charge in [0.25, 0.3) is 0 Å². The Labute approximate surface area is 95.0 Å². The third kappa shape index (κ3) is 4.95. The highest BCUT2D eigenvalue weighted by Gasteiger charge is 1.75. The van der Waals surface area contributed by atoms with Gasteiger partial charge in [0.05, 0.1) is 0 Å². The zero-order valence-electron chi connectivity index (χ0n) is 7.60. The lowest BCUT2D eigenvalue weighted by atomic mass is 10.4. The van der Waals surface area contributed by atoms with Crippen molar-refractivity contribution in [3.63, 3.8) is 0 Å². The molecule has 0 radical (unpaired) electrons. The summed E-state index contributed by atoms with van der Waals surface area (Å²) < 4.78 is 0. The molecule has 0 aliphatic rings. The van der Waals surface area contributed by atoms with E-state index in [2.05, 4.69) is 12.6 Å². The molecule has 0 aliphatic carbocycles. The van der Waals surface area contributed by atoms with Crippen molar-refractivity contribution >= 4 is 24.2 Å². The second-order valence-electron chi connectivity index (χ2n) is 2.63. The molecule has 72 valence electrons. The Morgan fingerprint density at radius 2 is 1.14 bits per heavy atom. The van der Waals surface area contributed by atoms with Crippen LogP contribution in [0.1, 0.15) is 0 Å². The van der Waals surface area contributed by atoms with Gasteiger partial charge in [0.15, 0.2) is 0 Å². The summed E-state index contributed by atoms with van der Waals surface area (Å²) in [6, 6.07) is 19.2. The predicted molar refractivity (Wildman–Crippen MR) is 65.1 cm³/mol. The van der Waals surface area contributed by atoms with Crippen molar-refractivity contribution in [3.8, 4) is 0 Å². The standard InChI is InChI=1S/C6H5Cl.C6H6S/c2*7-6-4-2-1-3-5-6/h1-5H;1-5,7H. The third-order valence-corrected chi connectivity index (χ3v) is 2.04. The van der Waals surface area contributed by atoms with Crippen LogP contribution >= 0.6 is 24.2 Å². The molecule has 0 saturated carbocycles. The predicted octanol–water partition coefficient (Wildman–Crippen LogP) is 4.32. The van der Waals surface area contributed by atoms with E-state index in [9.17, 15) is 0 Å². The van der Waals surface area contributed by atoms with Gasteiger partial charge in [0, 0.05) is 9.92 Å². The zero-order chi connectivity index (χ0) is 10.2. The molecule has 0 spiro atoms. The molecule has 0 saturated heterocycles. The molecule has 0 nitrogen and oxygen atoms in total. The van der Waals surface area contributed by atoms with Crippen molar-refractivity contribution in [2.45, 2.75) is 4.90 Å². The molecule has 0 fully saturated rings. The van der Waals surface area contributed by atoms with Gasteiger partial charge in [0.2, 0.25) is 0 Å². The minimum atomic E-state index is 0.794.